The maximum Gasteiger partial charge on any atom is 0.264 e. The molecular formula is C11H17N5O2. The van der Waals surface area contributed by atoms with Crippen LogP contribution in [0.4, 0.5) is 0 Å². The maximum atomic E-state index is 12.2. The average molecular weight is 251 g/mol. The molecule has 0 aliphatic rings. The summed E-state index contributed by atoms with van der Waals surface area (Å²) >= 11 is 0. The molecule has 7 nitrogen and oxygen atoms in total. The second-order valence-electron chi connectivity index (χ2n) is 4.15. The van der Waals surface area contributed by atoms with E-state index >= 15 is 0 Å². The number of aromatic nitrogens is 4. The van der Waals surface area contributed by atoms with E-state index in [1.807, 2.05) is 7.05 Å². The van der Waals surface area contributed by atoms with E-state index in [4.69, 9.17) is 4.74 Å². The van der Waals surface area contributed by atoms with Crippen molar-refractivity contribution in [2.24, 2.45) is 7.05 Å². The predicted octanol–water partition coefficient (Wildman–Crippen LogP) is -0.636. The van der Waals surface area contributed by atoms with Crippen LogP contribution in [0, 0.1) is 0 Å². The maximum absolute atomic E-state index is 12.2. The summed E-state index contributed by atoms with van der Waals surface area (Å²) in [5, 5.41) is 7.67. The zero-order valence-electron chi connectivity index (χ0n) is 10.8. The number of methoxy groups -OCH3 is 1. The van der Waals surface area contributed by atoms with Crippen LogP contribution in [0.5, 0.6) is 0 Å². The molecule has 0 radical (unpaired) electrons. The van der Waals surface area contributed by atoms with Crippen LogP contribution in [-0.2, 0) is 18.3 Å². The Labute approximate surface area is 104 Å². The van der Waals surface area contributed by atoms with Crippen molar-refractivity contribution in [2.45, 2.75) is 12.6 Å². The van der Waals surface area contributed by atoms with Crippen LogP contribution in [-0.4, -0.2) is 46.1 Å². The van der Waals surface area contributed by atoms with Gasteiger partial charge in [0.1, 0.15) is 11.7 Å². The number of hydrogen-bond acceptors (Lipinski definition) is 5. The molecule has 18 heavy (non-hydrogen) atoms. The highest BCUT2D eigenvalue weighted by molar-refractivity contribution is 5.72. The van der Waals surface area contributed by atoms with Crippen LogP contribution in [0.3, 0.4) is 0 Å². The van der Waals surface area contributed by atoms with Gasteiger partial charge < -0.3 is 10.1 Å². The Morgan fingerprint density at radius 2 is 2.33 bits per heavy atom. The lowest BCUT2D eigenvalue weighted by Gasteiger charge is -2.16. The van der Waals surface area contributed by atoms with Gasteiger partial charge in [-0.1, -0.05) is 0 Å². The molecule has 0 fully saturated rings. The van der Waals surface area contributed by atoms with Gasteiger partial charge in [0.05, 0.1) is 12.8 Å². The van der Waals surface area contributed by atoms with Gasteiger partial charge in [0.2, 0.25) is 0 Å². The van der Waals surface area contributed by atoms with Crippen molar-refractivity contribution >= 4 is 11.0 Å². The van der Waals surface area contributed by atoms with Gasteiger partial charge in [0, 0.05) is 26.7 Å². The normalized spacial score (nSPS) is 13.1. The molecular weight excluding hydrogens is 234 g/mol. The highest BCUT2D eigenvalue weighted by atomic mass is 16.5. The fraction of sp³-hybridized carbons (Fsp3) is 0.545. The Morgan fingerprint density at radius 3 is 3.00 bits per heavy atom. The van der Waals surface area contributed by atoms with Crippen molar-refractivity contribution in [3.05, 3.63) is 22.9 Å². The zero-order chi connectivity index (χ0) is 13.1. The van der Waals surface area contributed by atoms with E-state index in [0.29, 0.717) is 24.2 Å². The van der Waals surface area contributed by atoms with Gasteiger partial charge in [0.25, 0.3) is 5.56 Å². The summed E-state index contributed by atoms with van der Waals surface area (Å²) in [6.45, 7) is 1.05. The third-order valence-electron chi connectivity index (χ3n) is 2.91. The topological polar surface area (TPSA) is 74.0 Å². The molecule has 7 heteroatoms. The number of nitrogens with zero attached hydrogens (tertiary/aromatic N) is 4. The number of hydrogen-bond donors (Lipinski definition) is 1. The molecule has 0 spiro atoms. The Bertz CT molecular complexity index is 589. The minimum Gasteiger partial charge on any atom is -0.383 e. The minimum atomic E-state index is -0.0792. The third kappa shape index (κ3) is 2.27. The van der Waals surface area contributed by atoms with Gasteiger partial charge in [-0.2, -0.15) is 5.10 Å². The van der Waals surface area contributed by atoms with E-state index in [0.717, 1.165) is 0 Å². The highest BCUT2D eigenvalue weighted by Crippen LogP contribution is 2.03. The van der Waals surface area contributed by atoms with Crippen LogP contribution in [0.15, 0.2) is 17.3 Å². The van der Waals surface area contributed by atoms with E-state index in [1.54, 1.807) is 35.9 Å². The molecule has 1 atom stereocenters. The van der Waals surface area contributed by atoms with E-state index in [1.165, 1.54) is 0 Å². The van der Waals surface area contributed by atoms with Gasteiger partial charge in [-0.25, -0.2) is 4.98 Å². The standard InChI is InChI=1S/C11H17N5O2/c1-12-8(6-18-3)5-16-7-13-10-9(11(16)17)4-14-15(10)2/h4,7-8,12H,5-6H2,1-3H3. The monoisotopic (exact) mass is 251 g/mol. The van der Waals surface area contributed by atoms with Crippen LogP contribution < -0.4 is 10.9 Å². The van der Waals surface area contributed by atoms with Crippen molar-refractivity contribution in [1.82, 2.24) is 24.6 Å². The summed E-state index contributed by atoms with van der Waals surface area (Å²) in [6, 6.07) is 0.0728. The molecule has 0 bridgehead atoms. The van der Waals surface area contributed by atoms with Crippen molar-refractivity contribution in [3.63, 3.8) is 0 Å². The van der Waals surface area contributed by atoms with Crippen LogP contribution in [0.2, 0.25) is 0 Å². The smallest absolute Gasteiger partial charge is 0.264 e. The van der Waals surface area contributed by atoms with Gasteiger partial charge >= 0.3 is 0 Å². The van der Waals surface area contributed by atoms with Gasteiger partial charge in [-0.3, -0.25) is 14.0 Å². The molecule has 1 N–H and O–H groups in total. The molecule has 2 aromatic rings. The van der Waals surface area contributed by atoms with Crippen LogP contribution in [0.25, 0.3) is 11.0 Å². The first-order valence-electron chi connectivity index (χ1n) is 5.70. The molecule has 0 saturated heterocycles. The number of likely N-dealkylation sites (N-methyl/N-ethyl adjacent to an activating group) is 1. The zero-order valence-corrected chi connectivity index (χ0v) is 10.8. The Kier molecular flexibility index (Phi) is 3.73. The van der Waals surface area contributed by atoms with E-state index < -0.39 is 0 Å². The lowest BCUT2D eigenvalue weighted by Crippen LogP contribution is -2.37. The lowest BCUT2D eigenvalue weighted by atomic mass is 10.3. The van der Waals surface area contributed by atoms with Gasteiger partial charge in [-0.15, -0.1) is 0 Å². The Morgan fingerprint density at radius 1 is 1.56 bits per heavy atom. The number of aryl methyl sites for hydroxylation is 1. The summed E-state index contributed by atoms with van der Waals surface area (Å²) in [7, 11) is 5.24. The van der Waals surface area contributed by atoms with Gasteiger partial charge in [-0.05, 0) is 7.05 Å². The molecule has 0 amide bonds. The van der Waals surface area contributed by atoms with Crippen molar-refractivity contribution < 1.29 is 4.74 Å². The second kappa shape index (κ2) is 5.28. The van der Waals surface area contributed by atoms with Crippen molar-refractivity contribution in [3.8, 4) is 0 Å². The summed E-state index contributed by atoms with van der Waals surface area (Å²) in [5.74, 6) is 0. The summed E-state index contributed by atoms with van der Waals surface area (Å²) < 4.78 is 8.25. The summed E-state index contributed by atoms with van der Waals surface area (Å²) in [4.78, 5) is 16.4. The molecule has 0 aliphatic carbocycles. The Balaban J connectivity index is 2.34. The summed E-state index contributed by atoms with van der Waals surface area (Å²) in [6.07, 6.45) is 3.10. The van der Waals surface area contributed by atoms with Crippen LogP contribution in [0.1, 0.15) is 0 Å². The Hall–Kier alpha value is -1.73. The largest absolute Gasteiger partial charge is 0.383 e. The molecule has 98 valence electrons. The molecule has 2 rings (SSSR count). The lowest BCUT2D eigenvalue weighted by molar-refractivity contribution is 0.161. The number of ether oxygens (including phenoxy) is 1. The van der Waals surface area contributed by atoms with E-state index in [-0.39, 0.29) is 11.6 Å². The van der Waals surface area contributed by atoms with E-state index in [2.05, 4.69) is 15.4 Å². The van der Waals surface area contributed by atoms with Crippen molar-refractivity contribution in [2.75, 3.05) is 20.8 Å². The number of nitrogens with one attached hydrogen (secondary N) is 1. The molecule has 0 aromatic carbocycles. The fourth-order valence-electron chi connectivity index (χ4n) is 1.86. The quantitative estimate of drug-likeness (QED) is 0.765. The molecule has 2 aromatic heterocycles. The molecule has 0 saturated carbocycles. The highest BCUT2D eigenvalue weighted by Gasteiger charge is 2.11. The first-order chi connectivity index (χ1) is 8.67. The summed E-state index contributed by atoms with van der Waals surface area (Å²) in [5.41, 5.74) is 0.522. The second-order valence-corrected chi connectivity index (χ2v) is 4.15. The number of fused-ring (bicyclic) bond motifs is 1. The van der Waals surface area contributed by atoms with E-state index in [9.17, 15) is 4.79 Å². The molecule has 2 heterocycles. The SMILES string of the molecule is CNC(COC)Cn1cnc2c(cnn2C)c1=O. The number of rotatable bonds is 5. The molecule has 0 aliphatic heterocycles. The van der Waals surface area contributed by atoms with Crippen molar-refractivity contribution in [1.29, 1.82) is 0 Å². The molecule has 1 unspecified atom stereocenters. The first-order valence-corrected chi connectivity index (χ1v) is 5.70. The third-order valence-corrected chi connectivity index (χ3v) is 2.91. The first kappa shape index (κ1) is 12.7. The average Bonchev–Trinajstić information content (AvgIpc) is 2.74. The fourth-order valence-corrected chi connectivity index (χ4v) is 1.86. The minimum absolute atomic E-state index is 0.0728. The van der Waals surface area contributed by atoms with Gasteiger partial charge in [0.15, 0.2) is 5.65 Å². The predicted molar refractivity (Wildman–Crippen MR) is 67.5 cm³/mol. The van der Waals surface area contributed by atoms with Crippen LogP contribution >= 0.6 is 0 Å².